The number of aliphatic hydroxyl groups excluding tert-OH is 1. The Morgan fingerprint density at radius 2 is 1.70 bits per heavy atom. The number of carbonyl (C=O) groups excluding carboxylic acids is 2. The summed E-state index contributed by atoms with van der Waals surface area (Å²) in [5.41, 5.74) is -0.784. The molecule has 0 spiro atoms. The number of rotatable bonds is 13. The third-order valence-corrected chi connectivity index (χ3v) is 4.29. The van der Waals surface area contributed by atoms with Crippen molar-refractivity contribution in [3.63, 3.8) is 0 Å². The van der Waals surface area contributed by atoms with Crippen LogP contribution in [0.5, 0.6) is 5.75 Å². The molecule has 6 nitrogen and oxygen atoms in total. The van der Waals surface area contributed by atoms with Crippen molar-refractivity contribution in [2.45, 2.75) is 58.2 Å². The normalized spacial score (nSPS) is 12.3. The van der Waals surface area contributed by atoms with Gasteiger partial charge >= 0.3 is 6.18 Å². The van der Waals surface area contributed by atoms with E-state index in [2.05, 4.69) is 5.32 Å². The molecule has 170 valence electrons. The van der Waals surface area contributed by atoms with Gasteiger partial charge in [0.1, 0.15) is 18.5 Å². The number of halogens is 3. The van der Waals surface area contributed by atoms with Gasteiger partial charge in [0, 0.05) is 32.5 Å². The molecule has 0 radical (unpaired) electrons. The van der Waals surface area contributed by atoms with Crippen molar-refractivity contribution in [1.29, 1.82) is 0 Å². The number of carbonyl (C=O) groups is 2. The maximum atomic E-state index is 12.5. The molecule has 0 aliphatic rings. The van der Waals surface area contributed by atoms with Crippen LogP contribution in [0, 0.1) is 0 Å². The van der Waals surface area contributed by atoms with Gasteiger partial charge in [-0.2, -0.15) is 13.2 Å². The quantitative estimate of drug-likeness (QED) is 0.501. The van der Waals surface area contributed by atoms with Gasteiger partial charge in [-0.3, -0.25) is 9.59 Å². The summed E-state index contributed by atoms with van der Waals surface area (Å²) in [5.74, 6) is -0.0546. The maximum Gasteiger partial charge on any atom is 0.416 e. The first-order valence-corrected chi connectivity index (χ1v) is 10.2. The standard InChI is InChI=1S/C21H31F3N2O4/c1-3-12-26(13-4-2)20(29)7-5-6-19(28)25-14-17(27)15-30-18-10-8-16(9-11-18)21(22,23)24/h8-11,17,27H,3-7,12-15H2,1-2H3,(H,25,28). The minimum atomic E-state index is -4.42. The Hall–Kier alpha value is -2.29. The average Bonchev–Trinajstić information content (AvgIpc) is 2.70. The highest BCUT2D eigenvalue weighted by Crippen LogP contribution is 2.30. The third-order valence-electron chi connectivity index (χ3n) is 4.29. The Morgan fingerprint density at radius 1 is 1.10 bits per heavy atom. The van der Waals surface area contributed by atoms with Gasteiger partial charge in [-0.25, -0.2) is 0 Å². The monoisotopic (exact) mass is 432 g/mol. The molecule has 2 N–H and O–H groups in total. The van der Waals surface area contributed by atoms with E-state index in [0.29, 0.717) is 25.9 Å². The van der Waals surface area contributed by atoms with Crippen molar-refractivity contribution in [1.82, 2.24) is 10.2 Å². The molecular formula is C21H31F3N2O4. The van der Waals surface area contributed by atoms with Crippen molar-refractivity contribution in [3.8, 4) is 5.75 Å². The van der Waals surface area contributed by atoms with Crippen LogP contribution in [0.2, 0.25) is 0 Å². The van der Waals surface area contributed by atoms with E-state index >= 15 is 0 Å². The second-order valence-corrected chi connectivity index (χ2v) is 7.03. The van der Waals surface area contributed by atoms with Crippen LogP contribution in [-0.4, -0.2) is 54.2 Å². The number of hydrogen-bond acceptors (Lipinski definition) is 4. The van der Waals surface area contributed by atoms with E-state index in [1.165, 1.54) is 12.1 Å². The molecule has 0 saturated carbocycles. The topological polar surface area (TPSA) is 78.9 Å². The number of ether oxygens (including phenoxy) is 1. The van der Waals surface area contributed by atoms with E-state index in [1.807, 2.05) is 13.8 Å². The summed E-state index contributed by atoms with van der Waals surface area (Å²) in [6, 6.07) is 4.14. The number of aliphatic hydroxyl groups is 1. The van der Waals surface area contributed by atoms with Gasteiger partial charge in [-0.05, 0) is 43.5 Å². The fourth-order valence-corrected chi connectivity index (χ4v) is 2.77. The van der Waals surface area contributed by atoms with Crippen molar-refractivity contribution in [2.24, 2.45) is 0 Å². The van der Waals surface area contributed by atoms with E-state index in [9.17, 15) is 27.9 Å². The Balaban J connectivity index is 2.25. The molecule has 1 rings (SSSR count). The minimum Gasteiger partial charge on any atom is -0.491 e. The second kappa shape index (κ2) is 13.1. The van der Waals surface area contributed by atoms with Crippen LogP contribution in [0.15, 0.2) is 24.3 Å². The minimum absolute atomic E-state index is 0.0384. The molecule has 0 heterocycles. The predicted octanol–water partition coefficient (Wildman–Crippen LogP) is 3.38. The summed E-state index contributed by atoms with van der Waals surface area (Å²) in [7, 11) is 0. The van der Waals surface area contributed by atoms with Gasteiger partial charge in [0.15, 0.2) is 0 Å². The fraction of sp³-hybridized carbons (Fsp3) is 0.619. The van der Waals surface area contributed by atoms with Crippen molar-refractivity contribution in [2.75, 3.05) is 26.2 Å². The van der Waals surface area contributed by atoms with Crippen LogP contribution in [0.1, 0.15) is 51.5 Å². The van der Waals surface area contributed by atoms with Gasteiger partial charge in [-0.15, -0.1) is 0 Å². The molecule has 2 amide bonds. The highest BCUT2D eigenvalue weighted by molar-refractivity contribution is 5.79. The first kappa shape index (κ1) is 25.7. The molecular weight excluding hydrogens is 401 g/mol. The first-order valence-electron chi connectivity index (χ1n) is 10.2. The fourth-order valence-electron chi connectivity index (χ4n) is 2.77. The smallest absolute Gasteiger partial charge is 0.416 e. The van der Waals surface area contributed by atoms with Gasteiger partial charge in [-0.1, -0.05) is 13.8 Å². The van der Waals surface area contributed by atoms with Crippen LogP contribution in [0.3, 0.4) is 0 Å². The number of nitrogens with zero attached hydrogens (tertiary/aromatic N) is 1. The van der Waals surface area contributed by atoms with E-state index in [0.717, 1.165) is 25.0 Å². The van der Waals surface area contributed by atoms with Crippen molar-refractivity contribution >= 4 is 11.8 Å². The first-order chi connectivity index (χ1) is 14.2. The molecule has 0 bridgehead atoms. The second-order valence-electron chi connectivity index (χ2n) is 7.03. The highest BCUT2D eigenvalue weighted by atomic mass is 19.4. The van der Waals surface area contributed by atoms with Crippen LogP contribution in [-0.2, 0) is 15.8 Å². The highest BCUT2D eigenvalue weighted by Gasteiger charge is 2.30. The summed E-state index contributed by atoms with van der Waals surface area (Å²) in [4.78, 5) is 25.8. The van der Waals surface area contributed by atoms with Crippen LogP contribution < -0.4 is 10.1 Å². The lowest BCUT2D eigenvalue weighted by atomic mass is 10.2. The van der Waals surface area contributed by atoms with E-state index < -0.39 is 17.8 Å². The van der Waals surface area contributed by atoms with Crippen molar-refractivity contribution < 1.29 is 32.6 Å². The molecule has 0 aliphatic carbocycles. The molecule has 9 heteroatoms. The SMILES string of the molecule is CCCN(CCC)C(=O)CCCC(=O)NCC(O)COc1ccc(C(F)(F)F)cc1. The molecule has 0 aromatic heterocycles. The number of amides is 2. The number of alkyl halides is 3. The summed E-state index contributed by atoms with van der Waals surface area (Å²) in [5, 5.41) is 12.4. The van der Waals surface area contributed by atoms with Crippen molar-refractivity contribution in [3.05, 3.63) is 29.8 Å². The zero-order valence-electron chi connectivity index (χ0n) is 17.5. The predicted molar refractivity (Wildman–Crippen MR) is 107 cm³/mol. The maximum absolute atomic E-state index is 12.5. The van der Waals surface area contributed by atoms with Crippen LogP contribution in [0.25, 0.3) is 0 Å². The van der Waals surface area contributed by atoms with E-state index in [4.69, 9.17) is 4.74 Å². The molecule has 1 unspecified atom stereocenters. The average molecular weight is 432 g/mol. The van der Waals surface area contributed by atoms with E-state index in [1.54, 1.807) is 4.90 Å². The van der Waals surface area contributed by atoms with E-state index in [-0.39, 0.29) is 37.1 Å². The molecule has 0 fully saturated rings. The summed E-state index contributed by atoms with van der Waals surface area (Å²) >= 11 is 0. The molecule has 1 aromatic carbocycles. The molecule has 0 saturated heterocycles. The zero-order chi connectivity index (χ0) is 22.6. The van der Waals surface area contributed by atoms with Gasteiger partial charge in [0.25, 0.3) is 0 Å². The third kappa shape index (κ3) is 9.96. The lowest BCUT2D eigenvalue weighted by Crippen LogP contribution is -2.35. The Morgan fingerprint density at radius 3 is 2.23 bits per heavy atom. The zero-order valence-corrected chi connectivity index (χ0v) is 17.5. The van der Waals surface area contributed by atoms with Gasteiger partial charge in [0.05, 0.1) is 5.56 Å². The lowest BCUT2D eigenvalue weighted by Gasteiger charge is -2.21. The molecule has 1 atom stereocenters. The Bertz CT molecular complexity index is 645. The van der Waals surface area contributed by atoms with Crippen LogP contribution >= 0.6 is 0 Å². The summed E-state index contributed by atoms with van der Waals surface area (Å²) in [6.45, 7) is 5.22. The number of benzene rings is 1. The summed E-state index contributed by atoms with van der Waals surface area (Å²) < 4.78 is 42.8. The Kier molecular flexibility index (Phi) is 11.2. The van der Waals surface area contributed by atoms with Crippen LogP contribution in [0.4, 0.5) is 13.2 Å². The molecule has 30 heavy (non-hydrogen) atoms. The largest absolute Gasteiger partial charge is 0.491 e. The number of nitrogens with one attached hydrogen (secondary N) is 1. The van der Waals surface area contributed by atoms with Gasteiger partial charge < -0.3 is 20.1 Å². The Labute approximate surface area is 175 Å². The number of hydrogen-bond donors (Lipinski definition) is 2. The lowest BCUT2D eigenvalue weighted by molar-refractivity contribution is -0.137. The van der Waals surface area contributed by atoms with Gasteiger partial charge in [0.2, 0.25) is 11.8 Å². The summed E-state index contributed by atoms with van der Waals surface area (Å²) in [6.07, 6.45) is -2.76. The molecule has 0 aliphatic heterocycles. The molecule has 1 aromatic rings.